The van der Waals surface area contributed by atoms with Crippen molar-refractivity contribution < 1.29 is 18.0 Å². The fourth-order valence-corrected chi connectivity index (χ4v) is 4.06. The average Bonchev–Trinajstić information content (AvgIpc) is 2.73. The molecule has 0 radical (unpaired) electrons. The minimum atomic E-state index is -3.84. The van der Waals surface area contributed by atoms with Crippen LogP contribution < -0.4 is 14.9 Å². The summed E-state index contributed by atoms with van der Waals surface area (Å²) in [5.74, 6) is -0.687. The van der Waals surface area contributed by atoms with Crippen molar-refractivity contribution in [1.82, 2.24) is 0 Å². The van der Waals surface area contributed by atoms with Gasteiger partial charge in [-0.15, -0.1) is 0 Å². The third kappa shape index (κ3) is 4.84. The Labute approximate surface area is 175 Å². The first-order valence-corrected chi connectivity index (χ1v) is 10.5. The van der Waals surface area contributed by atoms with E-state index in [1.54, 1.807) is 54.6 Å². The second-order valence-corrected chi connectivity index (χ2v) is 8.52. The van der Waals surface area contributed by atoms with Gasteiger partial charge in [-0.2, -0.15) is 0 Å². The molecule has 2 N–H and O–H groups in total. The highest BCUT2D eigenvalue weighted by atomic mass is 32.2. The molecule has 0 aromatic heterocycles. The second kappa shape index (κ2) is 8.79. The van der Waals surface area contributed by atoms with Gasteiger partial charge in [0.2, 0.25) is 5.91 Å². The van der Waals surface area contributed by atoms with Crippen LogP contribution in [-0.2, 0) is 14.8 Å². The van der Waals surface area contributed by atoms with Crippen LogP contribution in [0.4, 0.5) is 17.1 Å². The predicted molar refractivity (Wildman–Crippen MR) is 117 cm³/mol. The SMILES string of the molecule is CC(=O)Nc1cccc(NC(=O)c2cccc(S(=O)(=O)N(C)c3ccccc3)c2)c1. The predicted octanol–water partition coefficient (Wildman–Crippen LogP) is 3.72. The molecule has 7 nitrogen and oxygen atoms in total. The Morgan fingerprint density at radius 1 is 0.800 bits per heavy atom. The number of nitrogens with zero attached hydrogens (tertiary/aromatic N) is 1. The summed E-state index contributed by atoms with van der Waals surface area (Å²) >= 11 is 0. The maximum atomic E-state index is 13.0. The first-order valence-electron chi connectivity index (χ1n) is 9.10. The van der Waals surface area contributed by atoms with Crippen molar-refractivity contribution in [3.05, 3.63) is 84.4 Å². The van der Waals surface area contributed by atoms with E-state index in [1.165, 1.54) is 42.5 Å². The van der Waals surface area contributed by atoms with Gasteiger partial charge in [0.15, 0.2) is 0 Å². The lowest BCUT2D eigenvalue weighted by Gasteiger charge is -2.19. The number of para-hydroxylation sites is 1. The van der Waals surface area contributed by atoms with Gasteiger partial charge in [0.1, 0.15) is 0 Å². The molecular formula is C22H21N3O4S. The van der Waals surface area contributed by atoms with Crippen molar-refractivity contribution in [2.24, 2.45) is 0 Å². The van der Waals surface area contributed by atoms with Gasteiger partial charge >= 0.3 is 0 Å². The van der Waals surface area contributed by atoms with Crippen molar-refractivity contribution in [2.75, 3.05) is 22.0 Å². The zero-order valence-electron chi connectivity index (χ0n) is 16.5. The van der Waals surface area contributed by atoms with Crippen molar-refractivity contribution in [3.8, 4) is 0 Å². The van der Waals surface area contributed by atoms with E-state index in [2.05, 4.69) is 10.6 Å². The summed E-state index contributed by atoms with van der Waals surface area (Å²) in [6, 6.07) is 21.2. The minimum Gasteiger partial charge on any atom is -0.326 e. The first-order chi connectivity index (χ1) is 14.3. The molecule has 154 valence electrons. The van der Waals surface area contributed by atoms with E-state index in [9.17, 15) is 18.0 Å². The molecule has 0 aliphatic rings. The maximum Gasteiger partial charge on any atom is 0.264 e. The van der Waals surface area contributed by atoms with Crippen LogP contribution in [0.1, 0.15) is 17.3 Å². The van der Waals surface area contributed by atoms with Gasteiger partial charge in [-0.1, -0.05) is 30.3 Å². The summed E-state index contributed by atoms with van der Waals surface area (Å²) in [4.78, 5) is 23.9. The van der Waals surface area contributed by atoms with Crippen molar-refractivity contribution in [1.29, 1.82) is 0 Å². The maximum absolute atomic E-state index is 13.0. The molecule has 3 aromatic rings. The second-order valence-electron chi connectivity index (χ2n) is 6.55. The largest absolute Gasteiger partial charge is 0.326 e. The van der Waals surface area contributed by atoms with Gasteiger partial charge in [0.25, 0.3) is 15.9 Å². The van der Waals surface area contributed by atoms with Gasteiger partial charge in [0.05, 0.1) is 10.6 Å². The molecule has 0 saturated heterocycles. The number of anilines is 3. The summed E-state index contributed by atoms with van der Waals surface area (Å²) in [6.07, 6.45) is 0. The smallest absolute Gasteiger partial charge is 0.264 e. The fourth-order valence-electron chi connectivity index (χ4n) is 2.81. The van der Waals surface area contributed by atoms with Crippen LogP contribution in [0.5, 0.6) is 0 Å². The zero-order chi connectivity index (χ0) is 21.7. The lowest BCUT2D eigenvalue weighted by molar-refractivity contribution is -0.114. The monoisotopic (exact) mass is 423 g/mol. The van der Waals surface area contributed by atoms with E-state index in [4.69, 9.17) is 0 Å². The van der Waals surface area contributed by atoms with Crippen LogP contribution in [0, 0.1) is 0 Å². The molecule has 0 aliphatic carbocycles. The van der Waals surface area contributed by atoms with Gasteiger partial charge in [-0.3, -0.25) is 13.9 Å². The Balaban J connectivity index is 1.83. The highest BCUT2D eigenvalue weighted by molar-refractivity contribution is 7.92. The Bertz CT molecular complexity index is 1180. The van der Waals surface area contributed by atoms with E-state index >= 15 is 0 Å². The highest BCUT2D eigenvalue weighted by Crippen LogP contribution is 2.23. The first kappa shape index (κ1) is 21.1. The summed E-state index contributed by atoms with van der Waals surface area (Å²) in [6.45, 7) is 1.39. The topological polar surface area (TPSA) is 95.6 Å². The summed E-state index contributed by atoms with van der Waals surface area (Å²) in [7, 11) is -2.37. The quantitative estimate of drug-likeness (QED) is 0.632. The van der Waals surface area contributed by atoms with Crippen LogP contribution in [0.15, 0.2) is 83.8 Å². The Morgan fingerprint density at radius 3 is 2.10 bits per heavy atom. The molecule has 0 bridgehead atoms. The lowest BCUT2D eigenvalue weighted by Crippen LogP contribution is -2.26. The number of hydrogen-bond donors (Lipinski definition) is 2. The molecule has 0 atom stereocenters. The van der Waals surface area contributed by atoms with E-state index in [0.29, 0.717) is 17.1 Å². The normalized spacial score (nSPS) is 10.9. The number of rotatable bonds is 6. The third-order valence-corrected chi connectivity index (χ3v) is 6.10. The molecule has 0 aliphatic heterocycles. The number of nitrogens with one attached hydrogen (secondary N) is 2. The average molecular weight is 423 g/mol. The van der Waals surface area contributed by atoms with Crippen LogP contribution in [0.2, 0.25) is 0 Å². The van der Waals surface area contributed by atoms with Crippen LogP contribution in [-0.4, -0.2) is 27.3 Å². The van der Waals surface area contributed by atoms with E-state index < -0.39 is 15.9 Å². The molecule has 0 heterocycles. The number of carbonyl (C=O) groups is 2. The molecule has 3 rings (SSSR count). The number of benzene rings is 3. The Kier molecular flexibility index (Phi) is 6.17. The van der Waals surface area contributed by atoms with Gasteiger partial charge in [-0.25, -0.2) is 8.42 Å². The number of amides is 2. The van der Waals surface area contributed by atoms with E-state index in [1.807, 2.05) is 0 Å². The number of carbonyl (C=O) groups excluding carboxylic acids is 2. The zero-order valence-corrected chi connectivity index (χ0v) is 17.3. The third-order valence-electron chi connectivity index (χ3n) is 4.32. The van der Waals surface area contributed by atoms with E-state index in [0.717, 1.165) is 0 Å². The van der Waals surface area contributed by atoms with Gasteiger partial charge in [0, 0.05) is 30.9 Å². The summed E-state index contributed by atoms with van der Waals surface area (Å²) in [5, 5.41) is 5.35. The molecular weight excluding hydrogens is 402 g/mol. The molecule has 3 aromatic carbocycles. The molecule has 2 amide bonds. The molecule has 0 saturated carbocycles. The molecule has 0 spiro atoms. The summed E-state index contributed by atoms with van der Waals surface area (Å²) in [5.41, 5.74) is 1.73. The van der Waals surface area contributed by atoms with Crippen molar-refractivity contribution in [2.45, 2.75) is 11.8 Å². The molecule has 0 fully saturated rings. The lowest BCUT2D eigenvalue weighted by atomic mass is 10.2. The number of hydrogen-bond acceptors (Lipinski definition) is 4. The van der Waals surface area contributed by atoms with Crippen molar-refractivity contribution in [3.63, 3.8) is 0 Å². The standard InChI is InChI=1S/C22H21N3O4S/c1-16(26)23-18-9-7-10-19(15-18)24-22(27)17-8-6-13-21(14-17)30(28,29)25(2)20-11-4-3-5-12-20/h3-15H,1-2H3,(H,23,26)(H,24,27). The van der Waals surface area contributed by atoms with Crippen LogP contribution in [0.3, 0.4) is 0 Å². The van der Waals surface area contributed by atoms with Crippen LogP contribution >= 0.6 is 0 Å². The number of sulfonamides is 1. The molecule has 8 heteroatoms. The Hall–Kier alpha value is -3.65. The van der Waals surface area contributed by atoms with Crippen LogP contribution in [0.25, 0.3) is 0 Å². The van der Waals surface area contributed by atoms with Gasteiger partial charge in [-0.05, 0) is 48.5 Å². The Morgan fingerprint density at radius 2 is 1.43 bits per heavy atom. The van der Waals surface area contributed by atoms with E-state index in [-0.39, 0.29) is 16.4 Å². The van der Waals surface area contributed by atoms with Gasteiger partial charge < -0.3 is 10.6 Å². The fraction of sp³-hybridized carbons (Fsp3) is 0.0909. The highest BCUT2D eigenvalue weighted by Gasteiger charge is 2.22. The molecule has 30 heavy (non-hydrogen) atoms. The molecule has 0 unspecified atom stereocenters. The minimum absolute atomic E-state index is 0.00787. The summed E-state index contributed by atoms with van der Waals surface area (Å²) < 4.78 is 27.1. The van der Waals surface area contributed by atoms with Crippen molar-refractivity contribution >= 4 is 38.9 Å².